The number of hydrogen-bond donors (Lipinski definition) is 1. The quantitative estimate of drug-likeness (QED) is 0.243. The molecule has 3 aromatic carbocycles. The molecule has 3 rings (SSSR count). The van der Waals surface area contributed by atoms with Crippen molar-refractivity contribution in [2.24, 2.45) is 15.3 Å². The second-order valence-corrected chi connectivity index (χ2v) is 6.23. The summed E-state index contributed by atoms with van der Waals surface area (Å²) in [4.78, 5) is 0. The maximum absolute atomic E-state index is 5.20. The highest BCUT2D eigenvalue weighted by Crippen LogP contribution is 2.19. The minimum absolute atomic E-state index is 0.472. The van der Waals surface area contributed by atoms with Crippen molar-refractivity contribution in [3.8, 4) is 5.75 Å². The number of hydrazone groups is 1. The minimum atomic E-state index is 0.472. The number of anilines is 1. The first kappa shape index (κ1) is 17.8. The molecule has 130 valence electrons. The van der Waals surface area contributed by atoms with Gasteiger partial charge in [0.2, 0.25) is 5.84 Å². The number of para-hydroxylation sites is 1. The van der Waals surface area contributed by atoms with Crippen LogP contribution in [0.5, 0.6) is 5.75 Å². The van der Waals surface area contributed by atoms with Crippen LogP contribution in [0.4, 0.5) is 11.4 Å². The second kappa shape index (κ2) is 8.92. The molecule has 3 aromatic rings. The summed E-state index contributed by atoms with van der Waals surface area (Å²) in [6, 6.07) is 24.8. The van der Waals surface area contributed by atoms with E-state index in [0.717, 1.165) is 27.2 Å². The maximum Gasteiger partial charge on any atom is 0.201 e. The van der Waals surface area contributed by atoms with Crippen LogP contribution in [-0.4, -0.2) is 12.9 Å². The highest BCUT2D eigenvalue weighted by Gasteiger charge is 2.04. The number of rotatable bonds is 5. The lowest BCUT2D eigenvalue weighted by Crippen LogP contribution is -2.01. The number of azo groups is 1. The van der Waals surface area contributed by atoms with Crippen molar-refractivity contribution in [1.29, 1.82) is 0 Å². The summed E-state index contributed by atoms with van der Waals surface area (Å²) in [5.41, 5.74) is 5.46. The van der Waals surface area contributed by atoms with Gasteiger partial charge in [-0.2, -0.15) is 5.10 Å². The van der Waals surface area contributed by atoms with Gasteiger partial charge >= 0.3 is 0 Å². The molecule has 5 nitrogen and oxygen atoms in total. The SMILES string of the molecule is COc1ccc(/C(N=Nc2ccc(Br)cc2)=N\Nc2ccccc2)cc1. The molecular formula is C20H17BrN4O. The fourth-order valence-corrected chi connectivity index (χ4v) is 2.39. The van der Waals surface area contributed by atoms with Gasteiger partial charge in [0.1, 0.15) is 5.75 Å². The number of nitrogens with one attached hydrogen (secondary N) is 1. The molecular weight excluding hydrogens is 392 g/mol. The van der Waals surface area contributed by atoms with E-state index in [2.05, 4.69) is 36.7 Å². The topological polar surface area (TPSA) is 58.3 Å². The zero-order chi connectivity index (χ0) is 18.2. The van der Waals surface area contributed by atoms with E-state index in [1.807, 2.05) is 78.9 Å². The average Bonchev–Trinajstić information content (AvgIpc) is 2.70. The van der Waals surface area contributed by atoms with Crippen molar-refractivity contribution >= 4 is 33.1 Å². The zero-order valence-electron chi connectivity index (χ0n) is 14.1. The van der Waals surface area contributed by atoms with Crippen LogP contribution < -0.4 is 10.2 Å². The summed E-state index contributed by atoms with van der Waals surface area (Å²) >= 11 is 3.41. The average molecular weight is 409 g/mol. The highest BCUT2D eigenvalue weighted by atomic mass is 79.9. The molecule has 0 spiro atoms. The Kier molecular flexibility index (Phi) is 6.11. The predicted molar refractivity (Wildman–Crippen MR) is 108 cm³/mol. The molecule has 6 heteroatoms. The molecule has 0 fully saturated rings. The van der Waals surface area contributed by atoms with Gasteiger partial charge in [-0.25, -0.2) is 0 Å². The van der Waals surface area contributed by atoms with E-state index in [0.29, 0.717) is 5.84 Å². The van der Waals surface area contributed by atoms with Crippen molar-refractivity contribution < 1.29 is 4.74 Å². The largest absolute Gasteiger partial charge is 0.497 e. The molecule has 0 saturated heterocycles. The van der Waals surface area contributed by atoms with E-state index in [-0.39, 0.29) is 0 Å². The zero-order valence-corrected chi connectivity index (χ0v) is 15.7. The van der Waals surface area contributed by atoms with Crippen LogP contribution in [-0.2, 0) is 0 Å². The van der Waals surface area contributed by atoms with Crippen LogP contribution in [0.1, 0.15) is 5.56 Å². The molecule has 0 amide bonds. The Balaban J connectivity index is 1.88. The number of methoxy groups -OCH3 is 1. The smallest absolute Gasteiger partial charge is 0.201 e. The minimum Gasteiger partial charge on any atom is -0.497 e. The van der Waals surface area contributed by atoms with Crippen molar-refractivity contribution in [1.82, 2.24) is 0 Å². The van der Waals surface area contributed by atoms with E-state index in [1.54, 1.807) is 7.11 Å². The summed E-state index contributed by atoms with van der Waals surface area (Å²) in [5.74, 6) is 1.24. The van der Waals surface area contributed by atoms with Crippen LogP contribution in [0.2, 0.25) is 0 Å². The summed E-state index contributed by atoms with van der Waals surface area (Å²) in [6.45, 7) is 0. The van der Waals surface area contributed by atoms with Gasteiger partial charge in [-0.1, -0.05) is 34.1 Å². The first-order chi connectivity index (χ1) is 12.7. The van der Waals surface area contributed by atoms with Crippen LogP contribution in [0.25, 0.3) is 0 Å². The first-order valence-corrected chi connectivity index (χ1v) is 8.74. The first-order valence-electron chi connectivity index (χ1n) is 7.95. The van der Waals surface area contributed by atoms with Gasteiger partial charge in [0, 0.05) is 10.0 Å². The fraction of sp³-hybridized carbons (Fsp3) is 0.0500. The Hall–Kier alpha value is -2.99. The van der Waals surface area contributed by atoms with Gasteiger partial charge in [-0.15, -0.1) is 10.2 Å². The monoisotopic (exact) mass is 408 g/mol. The number of benzene rings is 3. The van der Waals surface area contributed by atoms with Crippen molar-refractivity contribution in [3.05, 3.63) is 88.9 Å². The van der Waals surface area contributed by atoms with E-state index >= 15 is 0 Å². The fourth-order valence-electron chi connectivity index (χ4n) is 2.13. The van der Waals surface area contributed by atoms with Crippen molar-refractivity contribution in [2.45, 2.75) is 0 Å². The predicted octanol–water partition coefficient (Wildman–Crippen LogP) is 6.02. The normalized spacial score (nSPS) is 11.5. The molecule has 0 aliphatic heterocycles. The summed E-state index contributed by atoms with van der Waals surface area (Å²) in [7, 11) is 1.63. The van der Waals surface area contributed by atoms with Crippen LogP contribution >= 0.6 is 15.9 Å². The Morgan fingerprint density at radius 1 is 0.885 bits per heavy atom. The molecule has 0 aliphatic carbocycles. The Labute approximate surface area is 160 Å². The van der Waals surface area contributed by atoms with Crippen LogP contribution in [0.15, 0.2) is 98.7 Å². The Morgan fingerprint density at radius 2 is 1.58 bits per heavy atom. The lowest BCUT2D eigenvalue weighted by atomic mass is 10.2. The number of nitrogens with zero attached hydrogens (tertiary/aromatic N) is 3. The number of amidine groups is 1. The van der Waals surface area contributed by atoms with Crippen molar-refractivity contribution in [2.75, 3.05) is 12.5 Å². The summed E-state index contributed by atoms with van der Waals surface area (Å²) < 4.78 is 6.20. The van der Waals surface area contributed by atoms with E-state index < -0.39 is 0 Å². The number of halogens is 1. The van der Waals surface area contributed by atoms with Gasteiger partial charge < -0.3 is 4.74 Å². The molecule has 0 aromatic heterocycles. The molecule has 0 heterocycles. The molecule has 0 radical (unpaired) electrons. The highest BCUT2D eigenvalue weighted by molar-refractivity contribution is 9.10. The molecule has 0 saturated carbocycles. The third-order valence-corrected chi connectivity index (χ3v) is 4.03. The number of ether oxygens (including phenoxy) is 1. The molecule has 0 unspecified atom stereocenters. The number of hydrogen-bond acceptors (Lipinski definition) is 4. The van der Waals surface area contributed by atoms with Crippen LogP contribution in [0, 0.1) is 0 Å². The van der Waals surface area contributed by atoms with Crippen LogP contribution in [0.3, 0.4) is 0 Å². The summed E-state index contributed by atoms with van der Waals surface area (Å²) in [6.07, 6.45) is 0. The van der Waals surface area contributed by atoms with E-state index in [1.165, 1.54) is 0 Å². The lowest BCUT2D eigenvalue weighted by molar-refractivity contribution is 0.415. The molecule has 1 N–H and O–H groups in total. The van der Waals surface area contributed by atoms with Gasteiger partial charge in [-0.3, -0.25) is 5.43 Å². The van der Waals surface area contributed by atoms with Gasteiger partial charge in [0.15, 0.2) is 0 Å². The summed E-state index contributed by atoms with van der Waals surface area (Å²) in [5, 5.41) is 13.0. The standard InChI is InChI=1S/C20H17BrN4O/c1-26-19-13-7-15(8-14-19)20(24-22-17-5-3-2-4-6-17)25-23-18-11-9-16(21)10-12-18/h2-14,22H,1H3/b24-20+,25-23?. The van der Waals surface area contributed by atoms with Crippen molar-refractivity contribution in [3.63, 3.8) is 0 Å². The van der Waals surface area contributed by atoms with Gasteiger partial charge in [0.25, 0.3) is 0 Å². The third-order valence-electron chi connectivity index (χ3n) is 3.50. The van der Waals surface area contributed by atoms with E-state index in [4.69, 9.17) is 4.74 Å². The molecule has 0 bridgehead atoms. The Bertz CT molecular complexity index is 891. The maximum atomic E-state index is 5.20. The molecule has 0 aliphatic rings. The van der Waals surface area contributed by atoms with E-state index in [9.17, 15) is 0 Å². The third kappa shape index (κ3) is 5.00. The van der Waals surface area contributed by atoms with Gasteiger partial charge in [-0.05, 0) is 60.7 Å². The molecule has 26 heavy (non-hydrogen) atoms. The Morgan fingerprint density at radius 3 is 2.23 bits per heavy atom. The molecule has 0 atom stereocenters. The lowest BCUT2D eigenvalue weighted by Gasteiger charge is -2.05. The second-order valence-electron chi connectivity index (χ2n) is 5.32. The van der Waals surface area contributed by atoms with Gasteiger partial charge in [0.05, 0.1) is 18.5 Å².